The molecule has 6 heteroatoms. The molecule has 1 heterocycles. The summed E-state index contributed by atoms with van der Waals surface area (Å²) >= 11 is 2.20. The van der Waals surface area contributed by atoms with Gasteiger partial charge in [-0.3, -0.25) is 9.78 Å². The van der Waals surface area contributed by atoms with Crippen LogP contribution in [0.15, 0.2) is 66.9 Å². The van der Waals surface area contributed by atoms with E-state index >= 15 is 0 Å². The number of nitrogens with two attached hydrogens (primary N) is 1. The first kappa shape index (κ1) is 18.3. The van der Waals surface area contributed by atoms with Crippen LogP contribution in [0.5, 0.6) is 5.75 Å². The fourth-order valence-electron chi connectivity index (χ4n) is 2.38. The maximum Gasteiger partial charge on any atom is 0.255 e. The average Bonchev–Trinajstić information content (AvgIpc) is 2.68. The molecule has 0 saturated carbocycles. The Morgan fingerprint density at radius 1 is 1.12 bits per heavy atom. The van der Waals surface area contributed by atoms with Gasteiger partial charge in [-0.2, -0.15) is 0 Å². The predicted octanol–water partition coefficient (Wildman–Crippen LogP) is 3.98. The number of hydrogen-bond donors (Lipinski definition) is 2. The van der Waals surface area contributed by atoms with Gasteiger partial charge >= 0.3 is 0 Å². The molecule has 5 nitrogen and oxygen atoms in total. The Labute approximate surface area is 165 Å². The Morgan fingerprint density at radius 3 is 2.62 bits per heavy atom. The van der Waals surface area contributed by atoms with Gasteiger partial charge in [0, 0.05) is 27.6 Å². The summed E-state index contributed by atoms with van der Waals surface area (Å²) in [6.07, 6.45) is 1.73. The highest BCUT2D eigenvalue weighted by atomic mass is 127. The van der Waals surface area contributed by atoms with Crippen LogP contribution in [-0.4, -0.2) is 10.9 Å². The number of anilines is 1. The molecule has 3 N–H and O–H groups in total. The van der Waals surface area contributed by atoms with Crippen LogP contribution in [0.1, 0.15) is 21.6 Å². The van der Waals surface area contributed by atoms with Crippen molar-refractivity contribution in [3.05, 3.63) is 87.3 Å². The van der Waals surface area contributed by atoms with Crippen molar-refractivity contribution in [1.82, 2.24) is 4.98 Å². The topological polar surface area (TPSA) is 77.2 Å². The predicted molar refractivity (Wildman–Crippen MR) is 110 cm³/mol. The molecule has 0 bridgehead atoms. The molecule has 132 valence electrons. The lowest BCUT2D eigenvalue weighted by molar-refractivity contribution is 0.102. The highest BCUT2D eigenvalue weighted by molar-refractivity contribution is 14.1. The summed E-state index contributed by atoms with van der Waals surface area (Å²) in [5.41, 5.74) is 8.78. The molecule has 3 aromatic rings. The molecule has 0 fully saturated rings. The lowest BCUT2D eigenvalue weighted by atomic mass is 10.1. The van der Waals surface area contributed by atoms with Crippen LogP contribution >= 0.6 is 22.6 Å². The molecule has 0 unspecified atom stereocenters. The monoisotopic (exact) mass is 459 g/mol. The summed E-state index contributed by atoms with van der Waals surface area (Å²) in [4.78, 5) is 16.7. The first-order chi connectivity index (χ1) is 12.7. The molecule has 0 spiro atoms. The molecule has 26 heavy (non-hydrogen) atoms. The first-order valence-electron chi connectivity index (χ1n) is 8.08. The number of carbonyl (C=O) groups excluding carboxylic acids is 1. The SMILES string of the molecule is NCc1ccc(I)cc1NC(=O)c1ccc(OCc2ccccn2)cc1. The number of nitrogens with zero attached hydrogens (tertiary/aromatic N) is 1. The van der Waals surface area contributed by atoms with Crippen LogP contribution in [-0.2, 0) is 13.2 Å². The van der Waals surface area contributed by atoms with E-state index in [2.05, 4.69) is 32.9 Å². The molecule has 0 atom stereocenters. The minimum atomic E-state index is -0.182. The molecule has 0 aliphatic carbocycles. The molecule has 0 aliphatic heterocycles. The van der Waals surface area contributed by atoms with Gasteiger partial charge in [-0.1, -0.05) is 12.1 Å². The van der Waals surface area contributed by atoms with Crippen LogP contribution in [0.25, 0.3) is 0 Å². The molecule has 2 aromatic carbocycles. The number of hydrogen-bond acceptors (Lipinski definition) is 4. The third-order valence-corrected chi connectivity index (χ3v) is 4.44. The highest BCUT2D eigenvalue weighted by Gasteiger charge is 2.09. The Balaban J connectivity index is 1.64. The van der Waals surface area contributed by atoms with E-state index in [1.165, 1.54) is 0 Å². The number of pyridine rings is 1. The third-order valence-electron chi connectivity index (χ3n) is 3.77. The summed E-state index contributed by atoms with van der Waals surface area (Å²) in [6, 6.07) is 18.5. The van der Waals surface area contributed by atoms with Crippen molar-refractivity contribution in [2.24, 2.45) is 5.73 Å². The second-order valence-electron chi connectivity index (χ2n) is 5.59. The van der Waals surface area contributed by atoms with E-state index in [1.54, 1.807) is 30.5 Å². The number of benzene rings is 2. The highest BCUT2D eigenvalue weighted by Crippen LogP contribution is 2.20. The number of rotatable bonds is 6. The Morgan fingerprint density at radius 2 is 1.92 bits per heavy atom. The van der Waals surface area contributed by atoms with Gasteiger partial charge in [0.05, 0.1) is 5.69 Å². The van der Waals surface area contributed by atoms with E-state index in [1.807, 2.05) is 36.4 Å². The Kier molecular flexibility index (Phi) is 6.19. The standard InChI is InChI=1S/C20H18IN3O2/c21-16-7-4-15(12-22)19(11-16)24-20(25)14-5-8-18(9-6-14)26-13-17-3-1-2-10-23-17/h1-11H,12-13,22H2,(H,24,25). The van der Waals surface area contributed by atoms with Crippen molar-refractivity contribution in [1.29, 1.82) is 0 Å². The summed E-state index contributed by atoms with van der Waals surface area (Å²) in [5.74, 6) is 0.502. The van der Waals surface area contributed by atoms with E-state index in [0.29, 0.717) is 24.5 Å². The summed E-state index contributed by atoms with van der Waals surface area (Å²) in [7, 11) is 0. The Hall–Kier alpha value is -2.45. The number of amides is 1. The molecule has 3 rings (SSSR count). The summed E-state index contributed by atoms with van der Waals surface area (Å²) in [6.45, 7) is 0.752. The van der Waals surface area contributed by atoms with Crippen molar-refractivity contribution in [2.75, 3.05) is 5.32 Å². The van der Waals surface area contributed by atoms with Gasteiger partial charge in [0.25, 0.3) is 5.91 Å². The molecular formula is C20H18IN3O2. The zero-order valence-corrected chi connectivity index (χ0v) is 16.1. The number of nitrogens with one attached hydrogen (secondary N) is 1. The molecule has 0 saturated heterocycles. The minimum absolute atomic E-state index is 0.182. The third kappa shape index (κ3) is 4.80. The van der Waals surface area contributed by atoms with E-state index < -0.39 is 0 Å². The van der Waals surface area contributed by atoms with Crippen LogP contribution in [0.3, 0.4) is 0 Å². The molecule has 1 aromatic heterocycles. The van der Waals surface area contributed by atoms with Gasteiger partial charge in [0.2, 0.25) is 0 Å². The van der Waals surface area contributed by atoms with Gasteiger partial charge in [0.15, 0.2) is 0 Å². The normalized spacial score (nSPS) is 10.4. The van der Waals surface area contributed by atoms with Crippen LogP contribution in [0.4, 0.5) is 5.69 Å². The van der Waals surface area contributed by atoms with Crippen molar-refractivity contribution in [3.8, 4) is 5.75 Å². The first-order valence-corrected chi connectivity index (χ1v) is 9.16. The van der Waals surface area contributed by atoms with Crippen molar-refractivity contribution in [3.63, 3.8) is 0 Å². The van der Waals surface area contributed by atoms with Gasteiger partial charge in [-0.25, -0.2) is 0 Å². The van der Waals surface area contributed by atoms with E-state index in [0.717, 1.165) is 20.5 Å². The van der Waals surface area contributed by atoms with Gasteiger partial charge in [-0.15, -0.1) is 0 Å². The van der Waals surface area contributed by atoms with E-state index in [-0.39, 0.29) is 5.91 Å². The maximum absolute atomic E-state index is 12.5. The maximum atomic E-state index is 12.5. The van der Waals surface area contributed by atoms with Gasteiger partial charge < -0.3 is 15.8 Å². The molecular weight excluding hydrogens is 441 g/mol. The van der Waals surface area contributed by atoms with Gasteiger partial charge in [0.1, 0.15) is 12.4 Å². The average molecular weight is 459 g/mol. The smallest absolute Gasteiger partial charge is 0.255 e. The number of carbonyl (C=O) groups is 1. The van der Waals surface area contributed by atoms with Crippen molar-refractivity contribution >= 4 is 34.2 Å². The molecule has 1 amide bonds. The fourth-order valence-corrected chi connectivity index (χ4v) is 2.87. The van der Waals surface area contributed by atoms with E-state index in [9.17, 15) is 4.79 Å². The zero-order chi connectivity index (χ0) is 18.4. The lowest BCUT2D eigenvalue weighted by Crippen LogP contribution is -2.14. The van der Waals surface area contributed by atoms with Crippen molar-refractivity contribution in [2.45, 2.75) is 13.2 Å². The van der Waals surface area contributed by atoms with Crippen LogP contribution in [0.2, 0.25) is 0 Å². The van der Waals surface area contributed by atoms with Crippen molar-refractivity contribution < 1.29 is 9.53 Å². The quantitative estimate of drug-likeness (QED) is 0.547. The fraction of sp³-hybridized carbons (Fsp3) is 0.100. The molecule has 0 radical (unpaired) electrons. The van der Waals surface area contributed by atoms with E-state index in [4.69, 9.17) is 10.5 Å². The summed E-state index contributed by atoms with van der Waals surface area (Å²) in [5, 5.41) is 2.92. The molecule has 0 aliphatic rings. The Bertz CT molecular complexity index is 883. The lowest BCUT2D eigenvalue weighted by Gasteiger charge is -2.11. The second kappa shape index (κ2) is 8.77. The van der Waals surface area contributed by atoms with Crippen LogP contribution in [0, 0.1) is 3.57 Å². The number of halogens is 1. The summed E-state index contributed by atoms with van der Waals surface area (Å²) < 4.78 is 6.72. The van der Waals surface area contributed by atoms with Crippen LogP contribution < -0.4 is 15.8 Å². The largest absolute Gasteiger partial charge is 0.487 e. The number of ether oxygens (including phenoxy) is 1. The van der Waals surface area contributed by atoms with Gasteiger partial charge in [-0.05, 0) is 76.7 Å². The number of aromatic nitrogens is 1. The minimum Gasteiger partial charge on any atom is -0.487 e. The zero-order valence-electron chi connectivity index (χ0n) is 14.0. The second-order valence-corrected chi connectivity index (χ2v) is 6.84.